The van der Waals surface area contributed by atoms with Gasteiger partial charge in [0.15, 0.2) is 0 Å². The molecule has 0 aliphatic heterocycles. The zero-order chi connectivity index (χ0) is 19.4. The summed E-state index contributed by atoms with van der Waals surface area (Å²) in [6, 6.07) is 15.3. The van der Waals surface area contributed by atoms with Crippen LogP contribution >= 0.6 is 0 Å². The Morgan fingerprint density at radius 2 is 1.96 bits per heavy atom. The Morgan fingerprint density at radius 1 is 1.15 bits per heavy atom. The SMILES string of the molecule is COc1cccc(CC(=O)NCc2cc3cc(C(C)C)ccc3[nH]c2=O)c1. The molecule has 2 aromatic carbocycles. The molecule has 0 aliphatic rings. The highest BCUT2D eigenvalue weighted by Crippen LogP contribution is 2.20. The summed E-state index contributed by atoms with van der Waals surface area (Å²) in [6.45, 7) is 4.46. The molecule has 0 aliphatic carbocycles. The van der Waals surface area contributed by atoms with E-state index < -0.39 is 0 Å². The molecule has 1 heterocycles. The molecule has 0 spiro atoms. The molecule has 5 heteroatoms. The Morgan fingerprint density at radius 3 is 2.70 bits per heavy atom. The number of nitrogens with one attached hydrogen (secondary N) is 2. The quantitative estimate of drug-likeness (QED) is 0.703. The molecule has 27 heavy (non-hydrogen) atoms. The number of H-pyrrole nitrogens is 1. The van der Waals surface area contributed by atoms with Crippen LogP contribution < -0.4 is 15.6 Å². The standard InChI is InChI=1S/C22H24N2O3/c1-14(2)16-7-8-20-17(11-16)12-18(22(26)24-20)13-23-21(25)10-15-5-4-6-19(9-15)27-3/h4-9,11-12,14H,10,13H2,1-3H3,(H,23,25)(H,24,26). The Hall–Kier alpha value is -3.08. The molecule has 1 amide bonds. The Bertz CT molecular complexity index is 1020. The second kappa shape index (κ2) is 8.08. The van der Waals surface area contributed by atoms with Gasteiger partial charge in [-0.05, 0) is 52.8 Å². The van der Waals surface area contributed by atoms with E-state index in [4.69, 9.17) is 4.74 Å². The number of hydrogen-bond donors (Lipinski definition) is 2. The van der Waals surface area contributed by atoms with Gasteiger partial charge in [0.2, 0.25) is 5.91 Å². The van der Waals surface area contributed by atoms with Crippen molar-refractivity contribution in [2.45, 2.75) is 32.7 Å². The van der Waals surface area contributed by atoms with E-state index in [-0.39, 0.29) is 24.4 Å². The molecule has 0 radical (unpaired) electrons. The fraction of sp³-hybridized carbons (Fsp3) is 0.273. The van der Waals surface area contributed by atoms with Crippen LogP contribution in [0.1, 0.15) is 36.5 Å². The van der Waals surface area contributed by atoms with Crippen LogP contribution in [0.5, 0.6) is 5.75 Å². The summed E-state index contributed by atoms with van der Waals surface area (Å²) in [5, 5.41) is 3.80. The number of benzene rings is 2. The van der Waals surface area contributed by atoms with Gasteiger partial charge in [-0.15, -0.1) is 0 Å². The normalized spacial score (nSPS) is 11.0. The summed E-state index contributed by atoms with van der Waals surface area (Å²) in [7, 11) is 1.59. The molecule has 140 valence electrons. The molecule has 1 aromatic heterocycles. The van der Waals surface area contributed by atoms with E-state index in [0.717, 1.165) is 16.5 Å². The lowest BCUT2D eigenvalue weighted by atomic mass is 10.0. The average Bonchev–Trinajstić information content (AvgIpc) is 2.66. The highest BCUT2D eigenvalue weighted by molar-refractivity contribution is 5.81. The minimum absolute atomic E-state index is 0.140. The Kier molecular flexibility index (Phi) is 5.60. The third kappa shape index (κ3) is 4.56. The van der Waals surface area contributed by atoms with Crippen molar-refractivity contribution in [3.8, 4) is 5.75 Å². The minimum Gasteiger partial charge on any atom is -0.497 e. The fourth-order valence-corrected chi connectivity index (χ4v) is 2.98. The third-order valence-electron chi connectivity index (χ3n) is 4.59. The predicted molar refractivity (Wildman–Crippen MR) is 107 cm³/mol. The maximum absolute atomic E-state index is 12.3. The topological polar surface area (TPSA) is 71.2 Å². The van der Waals surface area contributed by atoms with Crippen LogP contribution in [0.15, 0.2) is 53.3 Å². The van der Waals surface area contributed by atoms with Crippen molar-refractivity contribution in [3.05, 3.63) is 75.6 Å². The molecule has 0 atom stereocenters. The zero-order valence-electron chi connectivity index (χ0n) is 15.8. The van der Waals surface area contributed by atoms with Crippen molar-refractivity contribution in [2.24, 2.45) is 0 Å². The number of methoxy groups -OCH3 is 1. The maximum atomic E-state index is 12.3. The van der Waals surface area contributed by atoms with E-state index >= 15 is 0 Å². The highest BCUT2D eigenvalue weighted by Gasteiger charge is 2.08. The Labute approximate surface area is 158 Å². The van der Waals surface area contributed by atoms with Crippen LogP contribution in [0.2, 0.25) is 0 Å². The second-order valence-corrected chi connectivity index (χ2v) is 6.93. The van der Waals surface area contributed by atoms with Gasteiger partial charge in [-0.1, -0.05) is 32.0 Å². The van der Waals surface area contributed by atoms with Crippen LogP contribution in [0.4, 0.5) is 0 Å². The summed E-state index contributed by atoms with van der Waals surface area (Å²) in [5.41, 5.74) is 3.24. The number of ether oxygens (including phenoxy) is 1. The number of aromatic amines is 1. The number of hydrogen-bond acceptors (Lipinski definition) is 3. The van der Waals surface area contributed by atoms with E-state index in [1.165, 1.54) is 5.56 Å². The number of rotatable bonds is 6. The van der Waals surface area contributed by atoms with E-state index in [2.05, 4.69) is 30.2 Å². The average molecular weight is 364 g/mol. The van der Waals surface area contributed by atoms with Gasteiger partial charge in [-0.2, -0.15) is 0 Å². The molecule has 3 aromatic rings. The van der Waals surface area contributed by atoms with E-state index in [1.54, 1.807) is 7.11 Å². The fourth-order valence-electron chi connectivity index (χ4n) is 2.98. The van der Waals surface area contributed by atoms with Crippen molar-refractivity contribution in [3.63, 3.8) is 0 Å². The van der Waals surface area contributed by atoms with Crippen LogP contribution in [0, 0.1) is 0 Å². The summed E-state index contributed by atoms with van der Waals surface area (Å²) in [5.74, 6) is 0.984. The molecule has 0 saturated heterocycles. The molecule has 3 rings (SSSR count). The van der Waals surface area contributed by atoms with Crippen LogP contribution in [0.3, 0.4) is 0 Å². The van der Waals surface area contributed by atoms with Crippen molar-refractivity contribution < 1.29 is 9.53 Å². The first-order valence-electron chi connectivity index (χ1n) is 9.01. The Balaban J connectivity index is 1.72. The first kappa shape index (κ1) is 18.7. The third-order valence-corrected chi connectivity index (χ3v) is 4.59. The second-order valence-electron chi connectivity index (χ2n) is 6.93. The lowest BCUT2D eigenvalue weighted by Crippen LogP contribution is -2.28. The molecular formula is C22H24N2O3. The smallest absolute Gasteiger partial charge is 0.253 e. The van der Waals surface area contributed by atoms with Crippen LogP contribution in [-0.4, -0.2) is 18.0 Å². The summed E-state index contributed by atoms with van der Waals surface area (Å²) in [6.07, 6.45) is 0.236. The number of carbonyl (C=O) groups is 1. The summed E-state index contributed by atoms with van der Waals surface area (Å²) in [4.78, 5) is 27.4. The first-order valence-corrected chi connectivity index (χ1v) is 9.01. The molecular weight excluding hydrogens is 340 g/mol. The lowest BCUT2D eigenvalue weighted by Gasteiger charge is -2.09. The monoisotopic (exact) mass is 364 g/mol. The molecule has 0 saturated carbocycles. The maximum Gasteiger partial charge on any atom is 0.253 e. The molecule has 0 unspecified atom stereocenters. The zero-order valence-corrected chi connectivity index (χ0v) is 15.8. The van der Waals surface area contributed by atoms with Crippen molar-refractivity contribution in [1.29, 1.82) is 0 Å². The number of fused-ring (bicyclic) bond motifs is 1. The minimum atomic E-state index is -0.179. The van der Waals surface area contributed by atoms with Gasteiger partial charge < -0.3 is 15.0 Å². The van der Waals surface area contributed by atoms with Gasteiger partial charge in [0, 0.05) is 17.6 Å². The van der Waals surface area contributed by atoms with Gasteiger partial charge in [0.25, 0.3) is 5.56 Å². The molecule has 5 nitrogen and oxygen atoms in total. The van der Waals surface area contributed by atoms with Gasteiger partial charge in [-0.25, -0.2) is 0 Å². The number of pyridine rings is 1. The van der Waals surface area contributed by atoms with Crippen molar-refractivity contribution >= 4 is 16.8 Å². The van der Waals surface area contributed by atoms with Crippen LogP contribution in [-0.2, 0) is 17.8 Å². The van der Waals surface area contributed by atoms with Gasteiger partial charge in [0.1, 0.15) is 5.75 Å². The molecule has 2 N–H and O–H groups in total. The van der Waals surface area contributed by atoms with Crippen molar-refractivity contribution in [2.75, 3.05) is 7.11 Å². The van der Waals surface area contributed by atoms with Crippen LogP contribution in [0.25, 0.3) is 10.9 Å². The van der Waals surface area contributed by atoms with Gasteiger partial charge in [0.05, 0.1) is 13.5 Å². The lowest BCUT2D eigenvalue weighted by molar-refractivity contribution is -0.120. The number of aromatic nitrogens is 1. The molecule has 0 fully saturated rings. The number of carbonyl (C=O) groups excluding carboxylic acids is 1. The van der Waals surface area contributed by atoms with E-state index in [9.17, 15) is 9.59 Å². The first-order chi connectivity index (χ1) is 13.0. The van der Waals surface area contributed by atoms with Gasteiger partial charge in [-0.3, -0.25) is 9.59 Å². The van der Waals surface area contributed by atoms with Gasteiger partial charge >= 0.3 is 0 Å². The summed E-state index contributed by atoms with van der Waals surface area (Å²) < 4.78 is 5.17. The van der Waals surface area contributed by atoms with Crippen molar-refractivity contribution in [1.82, 2.24) is 10.3 Å². The predicted octanol–water partition coefficient (Wildman–Crippen LogP) is 3.52. The van der Waals surface area contributed by atoms with E-state index in [0.29, 0.717) is 17.2 Å². The summed E-state index contributed by atoms with van der Waals surface area (Å²) >= 11 is 0. The number of amides is 1. The largest absolute Gasteiger partial charge is 0.497 e. The van der Waals surface area contributed by atoms with E-state index in [1.807, 2.05) is 42.5 Å². The highest BCUT2D eigenvalue weighted by atomic mass is 16.5. The molecule has 0 bridgehead atoms.